The standard InChI is InChI=1S/C15H14BrN3O/c1-20-15-5-3-12(18)7-11(15)9-19-14-4-2-10(8-17)6-13(14)16/h2-7,19H,9,18H2,1H3. The zero-order valence-corrected chi connectivity index (χ0v) is 12.6. The maximum absolute atomic E-state index is 8.84. The molecule has 0 fully saturated rings. The molecule has 3 N–H and O–H groups in total. The van der Waals surface area contributed by atoms with Gasteiger partial charge in [-0.25, -0.2) is 0 Å². The molecule has 0 aliphatic heterocycles. The van der Waals surface area contributed by atoms with Crippen LogP contribution in [-0.4, -0.2) is 7.11 Å². The van der Waals surface area contributed by atoms with Crippen molar-refractivity contribution in [2.45, 2.75) is 6.54 Å². The van der Waals surface area contributed by atoms with Gasteiger partial charge in [-0.05, 0) is 52.3 Å². The highest BCUT2D eigenvalue weighted by atomic mass is 79.9. The number of halogens is 1. The first-order valence-electron chi connectivity index (χ1n) is 6.00. The van der Waals surface area contributed by atoms with Gasteiger partial charge in [-0.1, -0.05) is 0 Å². The fourth-order valence-electron chi connectivity index (χ4n) is 1.86. The van der Waals surface area contributed by atoms with E-state index < -0.39 is 0 Å². The minimum absolute atomic E-state index is 0.582. The summed E-state index contributed by atoms with van der Waals surface area (Å²) in [6, 6.07) is 13.0. The van der Waals surface area contributed by atoms with Crippen molar-refractivity contribution in [2.24, 2.45) is 0 Å². The van der Waals surface area contributed by atoms with Crippen LogP contribution in [0.2, 0.25) is 0 Å². The Labute approximate surface area is 126 Å². The first kappa shape index (κ1) is 14.2. The molecule has 0 bridgehead atoms. The van der Waals surface area contributed by atoms with Gasteiger partial charge in [0.1, 0.15) is 5.75 Å². The van der Waals surface area contributed by atoms with Crippen molar-refractivity contribution in [2.75, 3.05) is 18.2 Å². The number of ether oxygens (including phenoxy) is 1. The molecule has 2 aromatic rings. The van der Waals surface area contributed by atoms with Crippen LogP contribution in [0.5, 0.6) is 5.75 Å². The lowest BCUT2D eigenvalue weighted by atomic mass is 10.1. The number of nitrogen functional groups attached to an aromatic ring is 1. The number of hydrogen-bond acceptors (Lipinski definition) is 4. The van der Waals surface area contributed by atoms with E-state index in [1.807, 2.05) is 18.2 Å². The van der Waals surface area contributed by atoms with Crippen molar-refractivity contribution in [3.05, 3.63) is 52.0 Å². The molecule has 0 amide bonds. The van der Waals surface area contributed by atoms with Crippen molar-refractivity contribution in [3.8, 4) is 11.8 Å². The number of methoxy groups -OCH3 is 1. The topological polar surface area (TPSA) is 71.1 Å². The first-order valence-corrected chi connectivity index (χ1v) is 6.79. The van der Waals surface area contributed by atoms with Crippen LogP contribution < -0.4 is 15.8 Å². The molecule has 0 aliphatic carbocycles. The van der Waals surface area contributed by atoms with Gasteiger partial charge in [0.2, 0.25) is 0 Å². The Bertz CT molecular complexity index is 665. The van der Waals surface area contributed by atoms with Crippen molar-refractivity contribution in [1.82, 2.24) is 0 Å². The van der Waals surface area contributed by atoms with Gasteiger partial charge in [0.25, 0.3) is 0 Å². The fourth-order valence-corrected chi connectivity index (χ4v) is 2.37. The summed E-state index contributed by atoms with van der Waals surface area (Å²) < 4.78 is 6.15. The van der Waals surface area contributed by atoms with E-state index in [0.717, 1.165) is 21.5 Å². The van der Waals surface area contributed by atoms with E-state index >= 15 is 0 Å². The smallest absolute Gasteiger partial charge is 0.123 e. The highest BCUT2D eigenvalue weighted by molar-refractivity contribution is 9.10. The third-order valence-corrected chi connectivity index (χ3v) is 3.53. The van der Waals surface area contributed by atoms with Gasteiger partial charge in [0, 0.05) is 28.0 Å². The van der Waals surface area contributed by atoms with Gasteiger partial charge >= 0.3 is 0 Å². The Morgan fingerprint density at radius 2 is 2.10 bits per heavy atom. The van der Waals surface area contributed by atoms with Gasteiger partial charge in [-0.15, -0.1) is 0 Å². The van der Waals surface area contributed by atoms with Crippen LogP contribution in [0.1, 0.15) is 11.1 Å². The van der Waals surface area contributed by atoms with Crippen LogP contribution in [0.4, 0.5) is 11.4 Å². The van der Waals surface area contributed by atoms with Crippen molar-refractivity contribution < 1.29 is 4.74 Å². The normalized spacial score (nSPS) is 9.85. The van der Waals surface area contributed by atoms with Gasteiger partial charge in [0.05, 0.1) is 18.7 Å². The van der Waals surface area contributed by atoms with E-state index in [-0.39, 0.29) is 0 Å². The third-order valence-electron chi connectivity index (χ3n) is 2.87. The Hall–Kier alpha value is -2.19. The lowest BCUT2D eigenvalue weighted by Gasteiger charge is -2.12. The second kappa shape index (κ2) is 6.31. The maximum atomic E-state index is 8.84. The van der Waals surface area contributed by atoms with Crippen molar-refractivity contribution >= 4 is 27.3 Å². The summed E-state index contributed by atoms with van der Waals surface area (Å²) in [5.74, 6) is 0.788. The molecule has 4 nitrogen and oxygen atoms in total. The van der Waals surface area contributed by atoms with E-state index in [2.05, 4.69) is 27.3 Å². The van der Waals surface area contributed by atoms with Gasteiger partial charge < -0.3 is 15.8 Å². The number of nitrogens with one attached hydrogen (secondary N) is 1. The summed E-state index contributed by atoms with van der Waals surface area (Å²) in [7, 11) is 1.63. The monoisotopic (exact) mass is 331 g/mol. The molecule has 0 spiro atoms. The van der Waals surface area contributed by atoms with Gasteiger partial charge in [0.15, 0.2) is 0 Å². The third kappa shape index (κ3) is 3.22. The van der Waals surface area contributed by atoms with E-state index in [9.17, 15) is 0 Å². The second-order valence-corrected chi connectivity index (χ2v) is 5.09. The summed E-state index contributed by atoms with van der Waals surface area (Å²) in [5, 5.41) is 12.1. The quantitative estimate of drug-likeness (QED) is 0.841. The number of nitrogens with two attached hydrogens (primary N) is 1. The van der Waals surface area contributed by atoms with Gasteiger partial charge in [-0.2, -0.15) is 5.26 Å². The average Bonchev–Trinajstić information content (AvgIpc) is 2.46. The molecule has 0 saturated heterocycles. The second-order valence-electron chi connectivity index (χ2n) is 4.23. The Balaban J connectivity index is 2.17. The number of nitrogens with zero attached hydrogens (tertiary/aromatic N) is 1. The Kier molecular flexibility index (Phi) is 4.49. The predicted octanol–water partition coefficient (Wildman–Crippen LogP) is 3.52. The zero-order valence-electron chi connectivity index (χ0n) is 11.0. The van der Waals surface area contributed by atoms with Crippen LogP contribution in [-0.2, 0) is 6.54 Å². The summed E-state index contributed by atoms with van der Waals surface area (Å²) in [6.45, 7) is 0.582. The molecule has 5 heteroatoms. The molecule has 102 valence electrons. The molecule has 20 heavy (non-hydrogen) atoms. The minimum Gasteiger partial charge on any atom is -0.496 e. The molecular weight excluding hydrogens is 318 g/mol. The highest BCUT2D eigenvalue weighted by Crippen LogP contribution is 2.26. The zero-order chi connectivity index (χ0) is 14.5. The number of rotatable bonds is 4. The van der Waals surface area contributed by atoms with Crippen LogP contribution in [0.25, 0.3) is 0 Å². The summed E-state index contributed by atoms with van der Waals surface area (Å²) in [6.07, 6.45) is 0. The summed E-state index contributed by atoms with van der Waals surface area (Å²) in [5.41, 5.74) is 8.99. The number of nitriles is 1. The predicted molar refractivity (Wildman–Crippen MR) is 83.6 cm³/mol. The Morgan fingerprint density at radius 3 is 2.75 bits per heavy atom. The van der Waals surface area contributed by atoms with Crippen LogP contribution >= 0.6 is 15.9 Å². The summed E-state index contributed by atoms with van der Waals surface area (Å²) >= 11 is 3.44. The highest BCUT2D eigenvalue weighted by Gasteiger charge is 2.05. The van der Waals surface area contributed by atoms with E-state index in [0.29, 0.717) is 17.8 Å². The maximum Gasteiger partial charge on any atom is 0.123 e. The van der Waals surface area contributed by atoms with Crippen LogP contribution in [0.15, 0.2) is 40.9 Å². The largest absolute Gasteiger partial charge is 0.496 e. The number of hydrogen-bond donors (Lipinski definition) is 2. The minimum atomic E-state index is 0.582. The SMILES string of the molecule is COc1ccc(N)cc1CNc1ccc(C#N)cc1Br. The summed E-state index contributed by atoms with van der Waals surface area (Å²) in [4.78, 5) is 0. The van der Waals surface area contributed by atoms with E-state index in [1.54, 1.807) is 25.3 Å². The molecule has 0 heterocycles. The molecule has 0 aliphatic rings. The van der Waals surface area contributed by atoms with Crippen molar-refractivity contribution in [3.63, 3.8) is 0 Å². The van der Waals surface area contributed by atoms with E-state index in [1.165, 1.54) is 0 Å². The van der Waals surface area contributed by atoms with Crippen molar-refractivity contribution in [1.29, 1.82) is 5.26 Å². The molecule has 0 saturated carbocycles. The van der Waals surface area contributed by atoms with E-state index in [4.69, 9.17) is 15.7 Å². The lowest BCUT2D eigenvalue weighted by Crippen LogP contribution is -2.03. The molecule has 2 aromatic carbocycles. The molecule has 2 rings (SSSR count). The molecule has 0 aromatic heterocycles. The average molecular weight is 332 g/mol. The van der Waals surface area contributed by atoms with Crippen LogP contribution in [0.3, 0.4) is 0 Å². The molecular formula is C15H14BrN3O. The first-order chi connectivity index (χ1) is 9.63. The van der Waals surface area contributed by atoms with Crippen LogP contribution in [0, 0.1) is 11.3 Å². The molecule has 0 unspecified atom stereocenters. The molecule has 0 radical (unpaired) electrons. The fraction of sp³-hybridized carbons (Fsp3) is 0.133. The van der Waals surface area contributed by atoms with Gasteiger partial charge in [-0.3, -0.25) is 0 Å². The number of benzene rings is 2. The lowest BCUT2D eigenvalue weighted by molar-refractivity contribution is 0.410. The Morgan fingerprint density at radius 1 is 1.30 bits per heavy atom. The molecule has 0 atom stereocenters. The number of anilines is 2.